The van der Waals surface area contributed by atoms with E-state index in [4.69, 9.17) is 0 Å². The summed E-state index contributed by atoms with van der Waals surface area (Å²) in [4.78, 5) is 0.370. The molecule has 18 heavy (non-hydrogen) atoms. The summed E-state index contributed by atoms with van der Waals surface area (Å²) in [5.74, 6) is 0. The molecule has 1 aromatic carbocycles. The molecule has 1 aromatic rings. The van der Waals surface area contributed by atoms with Gasteiger partial charge in [0.25, 0.3) is 0 Å². The van der Waals surface area contributed by atoms with Crippen molar-refractivity contribution in [2.24, 2.45) is 5.41 Å². The zero-order valence-corrected chi connectivity index (χ0v) is 13.1. The lowest BCUT2D eigenvalue weighted by molar-refractivity contribution is 0.187. The fraction of sp³-hybridized carbons (Fsp3) is 0.538. The van der Waals surface area contributed by atoms with Gasteiger partial charge in [-0.3, -0.25) is 0 Å². The largest absolute Gasteiger partial charge is 0.243 e. The van der Waals surface area contributed by atoms with Gasteiger partial charge in [-0.15, -0.1) is 0 Å². The van der Waals surface area contributed by atoms with Crippen molar-refractivity contribution in [2.45, 2.75) is 31.6 Å². The Kier molecular flexibility index (Phi) is 3.85. The normalized spacial score (nSPS) is 20.8. The Morgan fingerprint density at radius 2 is 2.06 bits per heavy atom. The number of benzene rings is 1. The molecule has 1 aliphatic rings. The van der Waals surface area contributed by atoms with Crippen LogP contribution in [0.5, 0.6) is 0 Å². The molecule has 1 saturated heterocycles. The molecule has 1 fully saturated rings. The number of rotatable bonds is 2. The number of piperidine rings is 1. The molecule has 0 unspecified atom stereocenters. The summed E-state index contributed by atoms with van der Waals surface area (Å²) >= 11 is 3.32. The second-order valence-corrected chi connectivity index (χ2v) is 8.42. The van der Waals surface area contributed by atoms with Crippen molar-refractivity contribution in [2.75, 3.05) is 13.1 Å². The highest BCUT2D eigenvalue weighted by Gasteiger charge is 2.33. The standard InChI is InChI=1S/C13H18BrNO2S/c1-13(2)7-4-8-15(10-13)18(16,17)12-6-3-5-11(14)9-12/h3,5-6,9H,4,7-8,10H2,1-2H3. The second kappa shape index (κ2) is 4.94. The number of sulfonamides is 1. The SMILES string of the molecule is CC1(C)CCCN(S(=O)(=O)c2cccc(Br)c2)C1. The van der Waals surface area contributed by atoms with Gasteiger partial charge in [0.05, 0.1) is 4.90 Å². The Labute approximate surface area is 117 Å². The molecule has 5 heteroatoms. The average Bonchev–Trinajstić information content (AvgIpc) is 2.27. The van der Waals surface area contributed by atoms with E-state index in [1.165, 1.54) is 0 Å². The maximum Gasteiger partial charge on any atom is 0.243 e. The van der Waals surface area contributed by atoms with Crippen LogP contribution in [0.25, 0.3) is 0 Å². The van der Waals surface area contributed by atoms with E-state index < -0.39 is 10.0 Å². The van der Waals surface area contributed by atoms with Gasteiger partial charge in [-0.05, 0) is 36.5 Å². The number of halogens is 1. The third kappa shape index (κ3) is 2.95. The fourth-order valence-electron chi connectivity index (χ4n) is 2.35. The molecule has 0 N–H and O–H groups in total. The van der Waals surface area contributed by atoms with E-state index in [-0.39, 0.29) is 5.41 Å². The first kappa shape index (κ1) is 14.0. The molecule has 0 aromatic heterocycles. The molecule has 0 atom stereocenters. The summed E-state index contributed by atoms with van der Waals surface area (Å²) in [7, 11) is -3.35. The minimum atomic E-state index is -3.35. The van der Waals surface area contributed by atoms with Crippen LogP contribution in [-0.2, 0) is 10.0 Å². The van der Waals surface area contributed by atoms with Crippen LogP contribution in [0.4, 0.5) is 0 Å². The quantitative estimate of drug-likeness (QED) is 0.834. The smallest absolute Gasteiger partial charge is 0.207 e. The molecule has 0 aliphatic carbocycles. The first-order chi connectivity index (χ1) is 8.31. The Morgan fingerprint density at radius 3 is 2.67 bits per heavy atom. The molecule has 0 radical (unpaired) electrons. The lowest BCUT2D eigenvalue weighted by Gasteiger charge is -2.37. The van der Waals surface area contributed by atoms with E-state index in [1.807, 2.05) is 6.07 Å². The van der Waals surface area contributed by atoms with E-state index in [0.29, 0.717) is 18.0 Å². The maximum absolute atomic E-state index is 12.5. The first-order valence-electron chi connectivity index (χ1n) is 6.07. The number of nitrogens with zero attached hydrogens (tertiary/aromatic N) is 1. The fourth-order valence-corrected chi connectivity index (χ4v) is 4.62. The van der Waals surface area contributed by atoms with Crippen molar-refractivity contribution >= 4 is 26.0 Å². The van der Waals surface area contributed by atoms with Gasteiger partial charge in [0.2, 0.25) is 10.0 Å². The summed E-state index contributed by atoms with van der Waals surface area (Å²) in [6, 6.07) is 6.91. The van der Waals surface area contributed by atoms with Crippen molar-refractivity contribution < 1.29 is 8.42 Å². The summed E-state index contributed by atoms with van der Waals surface area (Å²) in [6.07, 6.45) is 2.01. The monoisotopic (exact) mass is 331 g/mol. The Balaban J connectivity index is 2.31. The molecule has 0 bridgehead atoms. The minimum absolute atomic E-state index is 0.0668. The van der Waals surface area contributed by atoms with Crippen LogP contribution in [-0.4, -0.2) is 25.8 Å². The van der Waals surface area contributed by atoms with Gasteiger partial charge >= 0.3 is 0 Å². The summed E-state index contributed by atoms with van der Waals surface area (Å²) in [6.45, 7) is 5.46. The topological polar surface area (TPSA) is 37.4 Å². The van der Waals surface area contributed by atoms with Gasteiger partial charge in [-0.1, -0.05) is 35.8 Å². The van der Waals surface area contributed by atoms with Crippen molar-refractivity contribution in [1.29, 1.82) is 0 Å². The van der Waals surface area contributed by atoms with Crippen LogP contribution in [0.3, 0.4) is 0 Å². The predicted octanol–water partition coefficient (Wildman–Crippen LogP) is 3.26. The third-order valence-corrected chi connectivity index (χ3v) is 5.63. The molecule has 0 amide bonds. The minimum Gasteiger partial charge on any atom is -0.207 e. The second-order valence-electron chi connectivity index (χ2n) is 5.56. The van der Waals surface area contributed by atoms with Crippen molar-refractivity contribution in [1.82, 2.24) is 4.31 Å². The maximum atomic E-state index is 12.5. The Morgan fingerprint density at radius 1 is 1.33 bits per heavy atom. The number of hydrogen-bond donors (Lipinski definition) is 0. The molecule has 1 aliphatic heterocycles. The molecule has 1 heterocycles. The van der Waals surface area contributed by atoms with Crippen LogP contribution >= 0.6 is 15.9 Å². The lowest BCUT2D eigenvalue weighted by atomic mass is 9.85. The molecule has 0 saturated carbocycles. The first-order valence-corrected chi connectivity index (χ1v) is 8.30. The molecule has 3 nitrogen and oxygen atoms in total. The highest BCUT2D eigenvalue weighted by molar-refractivity contribution is 9.10. The van der Waals surface area contributed by atoms with Crippen LogP contribution < -0.4 is 0 Å². The van der Waals surface area contributed by atoms with Gasteiger partial charge < -0.3 is 0 Å². The molecular weight excluding hydrogens is 314 g/mol. The highest BCUT2D eigenvalue weighted by Crippen LogP contribution is 2.32. The third-order valence-electron chi connectivity index (χ3n) is 3.30. The van der Waals surface area contributed by atoms with Crippen LogP contribution in [0.1, 0.15) is 26.7 Å². The number of hydrogen-bond acceptors (Lipinski definition) is 2. The Hall–Kier alpha value is -0.390. The zero-order valence-electron chi connectivity index (χ0n) is 10.7. The van der Waals surface area contributed by atoms with Crippen LogP contribution in [0, 0.1) is 5.41 Å². The lowest BCUT2D eigenvalue weighted by Crippen LogP contribution is -2.43. The van der Waals surface area contributed by atoms with E-state index in [1.54, 1.807) is 22.5 Å². The Bertz CT molecular complexity index is 540. The van der Waals surface area contributed by atoms with Crippen molar-refractivity contribution in [3.05, 3.63) is 28.7 Å². The van der Waals surface area contributed by atoms with E-state index in [2.05, 4.69) is 29.8 Å². The molecular formula is C13H18BrNO2S. The summed E-state index contributed by atoms with van der Waals surface area (Å²) < 4.78 is 27.5. The van der Waals surface area contributed by atoms with Gasteiger partial charge in [-0.25, -0.2) is 8.42 Å². The van der Waals surface area contributed by atoms with E-state index in [9.17, 15) is 8.42 Å². The highest BCUT2D eigenvalue weighted by atomic mass is 79.9. The van der Waals surface area contributed by atoms with E-state index in [0.717, 1.165) is 17.3 Å². The molecule has 2 rings (SSSR count). The van der Waals surface area contributed by atoms with Gasteiger partial charge in [0.15, 0.2) is 0 Å². The summed E-state index contributed by atoms with van der Waals surface area (Å²) in [5.41, 5.74) is 0.0668. The van der Waals surface area contributed by atoms with Gasteiger partial charge in [0, 0.05) is 17.6 Å². The predicted molar refractivity (Wildman–Crippen MR) is 75.9 cm³/mol. The summed E-state index contributed by atoms with van der Waals surface area (Å²) in [5, 5.41) is 0. The van der Waals surface area contributed by atoms with Crippen LogP contribution in [0.15, 0.2) is 33.6 Å². The van der Waals surface area contributed by atoms with Crippen molar-refractivity contribution in [3.8, 4) is 0 Å². The van der Waals surface area contributed by atoms with Crippen LogP contribution in [0.2, 0.25) is 0 Å². The molecule has 100 valence electrons. The zero-order chi connectivity index (χ0) is 13.4. The van der Waals surface area contributed by atoms with Gasteiger partial charge in [0.1, 0.15) is 0 Å². The average molecular weight is 332 g/mol. The molecule has 0 spiro atoms. The van der Waals surface area contributed by atoms with Crippen molar-refractivity contribution in [3.63, 3.8) is 0 Å². The van der Waals surface area contributed by atoms with E-state index >= 15 is 0 Å². The van der Waals surface area contributed by atoms with Gasteiger partial charge in [-0.2, -0.15) is 4.31 Å².